The topological polar surface area (TPSA) is 83.0 Å². The summed E-state index contributed by atoms with van der Waals surface area (Å²) >= 11 is 12.1. The molecule has 0 bridgehead atoms. The van der Waals surface area contributed by atoms with E-state index in [2.05, 4.69) is 30.5 Å². The molecular formula is C21H20Cl2N6O. The van der Waals surface area contributed by atoms with Gasteiger partial charge in [-0.2, -0.15) is 15.0 Å². The van der Waals surface area contributed by atoms with E-state index in [1.807, 2.05) is 31.2 Å². The van der Waals surface area contributed by atoms with Crippen molar-refractivity contribution in [1.82, 2.24) is 20.3 Å². The molecule has 4 rings (SSSR count). The van der Waals surface area contributed by atoms with E-state index in [9.17, 15) is 4.79 Å². The Balaban J connectivity index is 1.46. The van der Waals surface area contributed by atoms with Gasteiger partial charge in [0.15, 0.2) is 0 Å². The van der Waals surface area contributed by atoms with Gasteiger partial charge in [-0.3, -0.25) is 4.79 Å². The van der Waals surface area contributed by atoms with E-state index in [0.717, 1.165) is 16.7 Å². The largest absolute Gasteiger partial charge is 0.357 e. The number of nitrogens with zero attached hydrogens (tertiary/aromatic N) is 4. The maximum atomic E-state index is 12.6. The maximum absolute atomic E-state index is 12.6. The van der Waals surface area contributed by atoms with Gasteiger partial charge >= 0.3 is 0 Å². The van der Waals surface area contributed by atoms with E-state index >= 15 is 0 Å². The third-order valence-corrected chi connectivity index (χ3v) is 5.47. The van der Waals surface area contributed by atoms with Crippen molar-refractivity contribution in [2.75, 3.05) is 17.3 Å². The maximum Gasteiger partial charge on any atom is 0.251 e. The molecule has 2 N–H and O–H groups in total. The fourth-order valence-corrected chi connectivity index (χ4v) is 3.82. The van der Waals surface area contributed by atoms with Gasteiger partial charge in [0.05, 0.1) is 0 Å². The lowest BCUT2D eigenvalue weighted by molar-refractivity contribution is 0.0951. The number of anilines is 2. The van der Waals surface area contributed by atoms with Crippen molar-refractivity contribution in [3.05, 3.63) is 74.5 Å². The number of aryl methyl sites for hydroxylation is 1. The van der Waals surface area contributed by atoms with Crippen LogP contribution < -0.4 is 15.5 Å². The molecule has 0 fully saturated rings. The molecule has 1 aromatic heterocycles. The minimum Gasteiger partial charge on any atom is -0.357 e. The van der Waals surface area contributed by atoms with Crippen LogP contribution in [-0.4, -0.2) is 27.9 Å². The Morgan fingerprint density at radius 3 is 2.63 bits per heavy atom. The van der Waals surface area contributed by atoms with Crippen molar-refractivity contribution in [3.8, 4) is 0 Å². The monoisotopic (exact) mass is 442 g/mol. The second-order valence-corrected chi connectivity index (χ2v) is 7.86. The molecule has 1 aliphatic heterocycles. The van der Waals surface area contributed by atoms with Gasteiger partial charge in [-0.05, 0) is 47.9 Å². The number of fused-ring (bicyclic) bond motifs is 1. The molecule has 0 spiro atoms. The average Bonchev–Trinajstić information content (AvgIpc) is 3.16. The van der Waals surface area contributed by atoms with E-state index < -0.39 is 0 Å². The number of nitrogens with one attached hydrogen (secondary N) is 2. The van der Waals surface area contributed by atoms with Crippen LogP contribution in [0.3, 0.4) is 0 Å². The van der Waals surface area contributed by atoms with Crippen LogP contribution in [0.2, 0.25) is 10.0 Å². The van der Waals surface area contributed by atoms with Gasteiger partial charge in [0, 0.05) is 42.3 Å². The van der Waals surface area contributed by atoms with Gasteiger partial charge < -0.3 is 15.5 Å². The van der Waals surface area contributed by atoms with Crippen molar-refractivity contribution >= 4 is 41.0 Å². The zero-order chi connectivity index (χ0) is 21.3. The highest BCUT2D eigenvalue weighted by atomic mass is 35.5. The van der Waals surface area contributed by atoms with E-state index in [0.29, 0.717) is 53.0 Å². The third-order valence-electron chi connectivity index (χ3n) is 4.89. The molecule has 0 saturated heterocycles. The molecule has 30 heavy (non-hydrogen) atoms. The van der Waals surface area contributed by atoms with Gasteiger partial charge in [-0.1, -0.05) is 35.3 Å². The van der Waals surface area contributed by atoms with Gasteiger partial charge in [0.25, 0.3) is 5.91 Å². The van der Waals surface area contributed by atoms with E-state index in [1.54, 1.807) is 19.2 Å². The molecule has 154 valence electrons. The lowest BCUT2D eigenvalue weighted by Gasteiger charge is -2.15. The summed E-state index contributed by atoms with van der Waals surface area (Å²) < 4.78 is 0. The number of rotatable bonds is 5. The first-order valence-corrected chi connectivity index (χ1v) is 10.2. The zero-order valence-corrected chi connectivity index (χ0v) is 18.1. The zero-order valence-electron chi connectivity index (χ0n) is 16.5. The summed E-state index contributed by atoms with van der Waals surface area (Å²) in [5.41, 5.74) is 3.64. The summed E-state index contributed by atoms with van der Waals surface area (Å²) in [6, 6.07) is 11.0. The van der Waals surface area contributed by atoms with Crippen LogP contribution in [0.1, 0.15) is 32.9 Å². The second kappa shape index (κ2) is 8.45. The molecule has 0 radical (unpaired) electrons. The molecule has 2 aromatic carbocycles. The molecule has 2 heterocycles. The highest BCUT2D eigenvalue weighted by Crippen LogP contribution is 2.27. The molecule has 0 atom stereocenters. The third kappa shape index (κ3) is 4.32. The van der Waals surface area contributed by atoms with Crippen LogP contribution in [0.5, 0.6) is 0 Å². The Labute approximate surface area is 184 Å². The minimum atomic E-state index is -0.157. The van der Waals surface area contributed by atoms with Crippen molar-refractivity contribution < 1.29 is 4.79 Å². The predicted molar refractivity (Wildman–Crippen MR) is 118 cm³/mol. The van der Waals surface area contributed by atoms with Crippen molar-refractivity contribution in [1.29, 1.82) is 0 Å². The van der Waals surface area contributed by atoms with E-state index in [1.165, 1.54) is 0 Å². The molecule has 1 aliphatic rings. The van der Waals surface area contributed by atoms with E-state index in [-0.39, 0.29) is 5.91 Å². The Hall–Kier alpha value is -2.90. The van der Waals surface area contributed by atoms with Crippen LogP contribution >= 0.6 is 23.2 Å². The number of hydrogen-bond acceptors (Lipinski definition) is 6. The van der Waals surface area contributed by atoms with Gasteiger partial charge in [-0.25, -0.2) is 0 Å². The van der Waals surface area contributed by atoms with Gasteiger partial charge in [0.1, 0.15) is 5.82 Å². The van der Waals surface area contributed by atoms with Crippen LogP contribution in [0.15, 0.2) is 36.4 Å². The number of carbonyl (C=O) groups excluding carboxylic acids is 1. The second-order valence-electron chi connectivity index (χ2n) is 7.01. The minimum absolute atomic E-state index is 0.157. The first kappa shape index (κ1) is 20.4. The fraction of sp³-hybridized carbons (Fsp3) is 0.238. The number of carbonyl (C=O) groups is 1. The summed E-state index contributed by atoms with van der Waals surface area (Å²) in [6.07, 6.45) is 0. The Bertz CT molecular complexity index is 1120. The van der Waals surface area contributed by atoms with Gasteiger partial charge in [0.2, 0.25) is 11.9 Å². The van der Waals surface area contributed by atoms with E-state index in [4.69, 9.17) is 23.2 Å². The van der Waals surface area contributed by atoms with Crippen molar-refractivity contribution in [2.24, 2.45) is 0 Å². The molecule has 0 aliphatic carbocycles. The number of aromatic nitrogens is 3. The quantitative estimate of drug-likeness (QED) is 0.621. The molecule has 0 saturated carbocycles. The molecule has 1 amide bonds. The van der Waals surface area contributed by atoms with Crippen molar-refractivity contribution in [3.63, 3.8) is 0 Å². The first-order valence-electron chi connectivity index (χ1n) is 9.42. The Morgan fingerprint density at radius 2 is 1.87 bits per heavy atom. The lowest BCUT2D eigenvalue weighted by atomic mass is 10.1. The van der Waals surface area contributed by atoms with Crippen molar-refractivity contribution in [2.45, 2.75) is 26.6 Å². The highest BCUT2D eigenvalue weighted by Gasteiger charge is 2.23. The van der Waals surface area contributed by atoms with Crippen LogP contribution in [0.4, 0.5) is 11.9 Å². The Morgan fingerprint density at radius 1 is 1.07 bits per heavy atom. The number of benzene rings is 2. The lowest BCUT2D eigenvalue weighted by Crippen LogP contribution is -2.23. The average molecular weight is 443 g/mol. The normalized spacial score (nSPS) is 12.6. The van der Waals surface area contributed by atoms with Crippen LogP contribution in [0, 0.1) is 6.92 Å². The number of halogens is 2. The predicted octanol–water partition coefficient (Wildman–Crippen LogP) is 3.98. The fourth-order valence-electron chi connectivity index (χ4n) is 3.34. The summed E-state index contributed by atoms with van der Waals surface area (Å²) in [6.45, 7) is 3.48. The summed E-state index contributed by atoms with van der Waals surface area (Å²) in [4.78, 5) is 27.8. The summed E-state index contributed by atoms with van der Waals surface area (Å²) in [5.74, 6) is 1.65. The van der Waals surface area contributed by atoms with Gasteiger partial charge in [-0.15, -0.1) is 0 Å². The summed E-state index contributed by atoms with van der Waals surface area (Å²) in [7, 11) is 1.78. The molecule has 0 unspecified atom stereocenters. The summed E-state index contributed by atoms with van der Waals surface area (Å²) in [5, 5.41) is 6.96. The Kier molecular flexibility index (Phi) is 5.74. The standard InChI is InChI=1S/C21H20Cl2N6O/c1-12-26-20(24-2)28-21(27-12)29-10-15-4-3-13(7-16(15)11-29)19(30)25-9-14-5-6-17(22)8-18(14)23/h3-8H,9-11H2,1-2H3,(H,25,30)(H,24,26,27,28). The number of hydrogen-bond donors (Lipinski definition) is 2. The molecule has 7 nitrogen and oxygen atoms in total. The number of amides is 1. The highest BCUT2D eigenvalue weighted by molar-refractivity contribution is 6.35. The van der Waals surface area contributed by atoms with Crippen LogP contribution in [-0.2, 0) is 19.6 Å². The first-order chi connectivity index (χ1) is 14.4. The smallest absolute Gasteiger partial charge is 0.251 e. The SMILES string of the molecule is CNc1nc(C)nc(N2Cc3ccc(C(=O)NCc4ccc(Cl)cc4Cl)cc3C2)n1. The van der Waals surface area contributed by atoms with Crippen LogP contribution in [0.25, 0.3) is 0 Å². The molecule has 9 heteroatoms. The molecule has 3 aromatic rings. The molecular weight excluding hydrogens is 423 g/mol.